The second kappa shape index (κ2) is 20.1. The Morgan fingerprint density at radius 2 is 1.80 bits per heavy atom. The van der Waals surface area contributed by atoms with E-state index in [1.807, 2.05) is 0 Å². The SMILES string of the molecule is O=CO.[Co].[H-].[Na+]. The molecule has 0 spiro atoms. The zero-order valence-electron chi connectivity index (χ0n) is 3.77. The summed E-state index contributed by atoms with van der Waals surface area (Å²) in [6.07, 6.45) is 0. The topological polar surface area (TPSA) is 37.3 Å². The van der Waals surface area contributed by atoms with Gasteiger partial charge in [0.2, 0.25) is 0 Å². The number of rotatable bonds is 0. The second-order valence-electron chi connectivity index (χ2n) is 0.105. The van der Waals surface area contributed by atoms with Gasteiger partial charge in [0.25, 0.3) is 6.47 Å². The van der Waals surface area contributed by atoms with Crippen molar-refractivity contribution in [2.75, 3.05) is 0 Å². The average molecular weight is 129 g/mol. The molecule has 0 aromatic heterocycles. The van der Waals surface area contributed by atoms with Crippen LogP contribution in [0.2, 0.25) is 0 Å². The van der Waals surface area contributed by atoms with Crippen LogP contribution in [-0.4, -0.2) is 11.6 Å². The number of hydrogen-bond acceptors (Lipinski definition) is 1. The molecule has 0 aromatic carbocycles. The van der Waals surface area contributed by atoms with Gasteiger partial charge >= 0.3 is 29.6 Å². The minimum atomic E-state index is -0.250. The number of carboxylic acid groups (broad SMARTS) is 1. The third kappa shape index (κ3) is 46.2. The minimum absolute atomic E-state index is 0. The molecular weight excluding hydrogens is 126 g/mol. The van der Waals surface area contributed by atoms with Crippen molar-refractivity contribution >= 4 is 6.47 Å². The Balaban J connectivity index is -0.00000000667. The normalized spacial score (nSPS) is 2.40. The Morgan fingerprint density at radius 1 is 1.80 bits per heavy atom. The molecule has 4 heteroatoms. The Kier molecular flexibility index (Phi) is 67.3. The van der Waals surface area contributed by atoms with Gasteiger partial charge in [0, 0.05) is 16.8 Å². The van der Waals surface area contributed by atoms with Crippen LogP contribution < -0.4 is 29.6 Å². The predicted molar refractivity (Wildman–Crippen MR) is 9.80 cm³/mol. The first-order chi connectivity index (χ1) is 1.41. The fourth-order valence-electron chi connectivity index (χ4n) is 0. The molecule has 0 fully saturated rings. The van der Waals surface area contributed by atoms with E-state index in [0.29, 0.717) is 0 Å². The quantitative estimate of drug-likeness (QED) is 0.276. The zero-order valence-corrected chi connectivity index (χ0v) is 5.81. The van der Waals surface area contributed by atoms with Crippen molar-refractivity contribution in [2.45, 2.75) is 0 Å². The van der Waals surface area contributed by atoms with E-state index in [1.54, 1.807) is 0 Å². The van der Waals surface area contributed by atoms with Crippen LogP contribution in [0.15, 0.2) is 0 Å². The van der Waals surface area contributed by atoms with Gasteiger partial charge in [-0.05, 0) is 0 Å². The van der Waals surface area contributed by atoms with Crippen molar-refractivity contribution in [3.63, 3.8) is 0 Å². The van der Waals surface area contributed by atoms with Crippen LogP contribution in [0, 0.1) is 0 Å². The summed E-state index contributed by atoms with van der Waals surface area (Å²) in [5.41, 5.74) is 0. The zero-order chi connectivity index (χ0) is 2.71. The van der Waals surface area contributed by atoms with Crippen molar-refractivity contribution < 1.29 is 57.7 Å². The van der Waals surface area contributed by atoms with Gasteiger partial charge in [-0.15, -0.1) is 0 Å². The molecular formula is CH3CoNaO2. The van der Waals surface area contributed by atoms with E-state index < -0.39 is 0 Å². The summed E-state index contributed by atoms with van der Waals surface area (Å²) in [5.74, 6) is 0. The van der Waals surface area contributed by atoms with Crippen molar-refractivity contribution in [3.05, 3.63) is 0 Å². The van der Waals surface area contributed by atoms with E-state index in [-0.39, 0.29) is 54.2 Å². The Morgan fingerprint density at radius 3 is 1.80 bits per heavy atom. The minimum Gasteiger partial charge on any atom is -1.00 e. The summed E-state index contributed by atoms with van der Waals surface area (Å²) in [7, 11) is 0. The molecule has 0 atom stereocenters. The Labute approximate surface area is 63.9 Å². The molecule has 0 saturated heterocycles. The maximum atomic E-state index is 8.36. The summed E-state index contributed by atoms with van der Waals surface area (Å²) >= 11 is 0. The van der Waals surface area contributed by atoms with Crippen LogP contribution in [-0.2, 0) is 21.6 Å². The Bertz CT molecular complexity index is 21.0. The van der Waals surface area contributed by atoms with Crippen LogP contribution in [0.5, 0.6) is 0 Å². The van der Waals surface area contributed by atoms with E-state index in [1.165, 1.54) is 0 Å². The molecule has 0 aliphatic heterocycles. The molecule has 29 valence electrons. The van der Waals surface area contributed by atoms with Gasteiger partial charge in [-0.25, -0.2) is 0 Å². The Hall–Kier alpha value is 0.976. The average Bonchev–Trinajstić information content (AvgIpc) is 0.918. The van der Waals surface area contributed by atoms with Crippen molar-refractivity contribution in [1.29, 1.82) is 0 Å². The van der Waals surface area contributed by atoms with E-state index in [4.69, 9.17) is 9.90 Å². The largest absolute Gasteiger partial charge is 1.00 e. The predicted octanol–water partition coefficient (Wildman–Crippen LogP) is -3.19. The first kappa shape index (κ1) is 16.7. The summed E-state index contributed by atoms with van der Waals surface area (Å²) in [6.45, 7) is -0.250. The molecule has 0 bridgehead atoms. The molecule has 5 heavy (non-hydrogen) atoms. The molecule has 0 rings (SSSR count). The van der Waals surface area contributed by atoms with E-state index in [2.05, 4.69) is 0 Å². The number of hydrogen-bond donors (Lipinski definition) is 1. The van der Waals surface area contributed by atoms with Crippen molar-refractivity contribution in [1.82, 2.24) is 0 Å². The van der Waals surface area contributed by atoms with Gasteiger partial charge in [-0.1, -0.05) is 0 Å². The van der Waals surface area contributed by atoms with Crippen molar-refractivity contribution in [3.8, 4) is 0 Å². The molecule has 0 heterocycles. The van der Waals surface area contributed by atoms with Gasteiger partial charge in [0.1, 0.15) is 0 Å². The van der Waals surface area contributed by atoms with Gasteiger partial charge < -0.3 is 6.53 Å². The first-order valence-electron chi connectivity index (χ1n) is 0.494. The van der Waals surface area contributed by atoms with E-state index >= 15 is 0 Å². The smallest absolute Gasteiger partial charge is 1.00 e. The van der Waals surface area contributed by atoms with Crippen LogP contribution >= 0.6 is 0 Å². The molecule has 0 aliphatic rings. The van der Waals surface area contributed by atoms with Crippen LogP contribution in [0.25, 0.3) is 0 Å². The van der Waals surface area contributed by atoms with Gasteiger partial charge in [-0.2, -0.15) is 0 Å². The monoisotopic (exact) mass is 129 g/mol. The van der Waals surface area contributed by atoms with Gasteiger partial charge in [-0.3, -0.25) is 4.79 Å². The van der Waals surface area contributed by atoms with Crippen molar-refractivity contribution in [2.24, 2.45) is 0 Å². The van der Waals surface area contributed by atoms with Crippen LogP contribution in [0.1, 0.15) is 1.43 Å². The summed E-state index contributed by atoms with van der Waals surface area (Å²) in [4.78, 5) is 8.36. The molecule has 1 radical (unpaired) electrons. The van der Waals surface area contributed by atoms with E-state index in [9.17, 15) is 0 Å². The maximum absolute atomic E-state index is 8.36. The molecule has 1 N–H and O–H groups in total. The molecule has 2 nitrogen and oxygen atoms in total. The van der Waals surface area contributed by atoms with E-state index in [0.717, 1.165) is 0 Å². The van der Waals surface area contributed by atoms with Crippen LogP contribution in [0.4, 0.5) is 0 Å². The molecule has 0 amide bonds. The fourth-order valence-corrected chi connectivity index (χ4v) is 0. The number of carbonyl (C=O) groups is 1. The van der Waals surface area contributed by atoms with Gasteiger partial charge in [0.05, 0.1) is 0 Å². The summed E-state index contributed by atoms with van der Waals surface area (Å²) in [5, 5.41) is 6.89. The molecule has 0 aliphatic carbocycles. The van der Waals surface area contributed by atoms with Gasteiger partial charge in [0.15, 0.2) is 0 Å². The second-order valence-corrected chi connectivity index (χ2v) is 0.105. The molecule has 0 saturated carbocycles. The van der Waals surface area contributed by atoms with Crippen LogP contribution in [0.3, 0.4) is 0 Å². The molecule has 0 unspecified atom stereocenters. The summed E-state index contributed by atoms with van der Waals surface area (Å²) < 4.78 is 0. The third-order valence-electron chi connectivity index (χ3n) is 0. The standard InChI is InChI=1S/CH2O2.Co.Na.H/c2-1-3;;;/h1H,(H,2,3);;;/q;;+1;-1. The molecule has 0 aromatic rings. The summed E-state index contributed by atoms with van der Waals surface area (Å²) in [6, 6.07) is 0. The third-order valence-corrected chi connectivity index (χ3v) is 0. The fraction of sp³-hybridized carbons (Fsp3) is 0. The maximum Gasteiger partial charge on any atom is 1.00 e. The first-order valence-corrected chi connectivity index (χ1v) is 0.494.